The van der Waals surface area contributed by atoms with Crippen molar-refractivity contribution in [1.29, 1.82) is 0 Å². The number of nitrogens with zero attached hydrogens (tertiary/aromatic N) is 1. The van der Waals surface area contributed by atoms with Crippen molar-refractivity contribution in [2.24, 2.45) is 16.6 Å². The van der Waals surface area contributed by atoms with Gasteiger partial charge in [0, 0.05) is 25.1 Å². The molecule has 3 rings (SSSR count). The lowest BCUT2D eigenvalue weighted by atomic mass is 9.93. The molecule has 3 N–H and O–H groups in total. The number of nitrogens with two attached hydrogens (primary N) is 1. The van der Waals surface area contributed by atoms with Gasteiger partial charge in [-0.05, 0) is 38.2 Å². The van der Waals surface area contributed by atoms with Crippen molar-refractivity contribution in [2.75, 3.05) is 19.8 Å². The first kappa shape index (κ1) is 16.1. The lowest BCUT2D eigenvalue weighted by molar-refractivity contribution is 0.00148. The molecule has 0 bridgehead atoms. The Balaban J connectivity index is 1.50. The van der Waals surface area contributed by atoms with Gasteiger partial charge in [-0.3, -0.25) is 4.99 Å². The van der Waals surface area contributed by atoms with E-state index in [9.17, 15) is 0 Å². The van der Waals surface area contributed by atoms with Crippen LogP contribution in [0.4, 0.5) is 0 Å². The van der Waals surface area contributed by atoms with Crippen molar-refractivity contribution >= 4 is 5.96 Å². The molecule has 1 saturated heterocycles. The van der Waals surface area contributed by atoms with E-state index in [4.69, 9.17) is 15.2 Å². The van der Waals surface area contributed by atoms with Gasteiger partial charge in [0.15, 0.2) is 5.96 Å². The minimum Gasteiger partial charge on any atom is -0.493 e. The molecule has 0 aliphatic carbocycles. The van der Waals surface area contributed by atoms with Gasteiger partial charge < -0.3 is 20.5 Å². The standard InChI is InChI=1S/C18H27N3O2/c1-13-12-14(7-10-22-13)6-9-20-18(19)21-16-8-11-23-17-5-3-2-4-15(16)17/h2-5,13-14,16H,6-12H2,1H3,(H3,19,20,21). The summed E-state index contributed by atoms with van der Waals surface area (Å²) in [6, 6.07) is 8.30. The molecule has 0 spiro atoms. The van der Waals surface area contributed by atoms with Crippen LogP contribution in [0.2, 0.25) is 0 Å². The Labute approximate surface area is 138 Å². The number of hydrogen-bond donors (Lipinski definition) is 2. The van der Waals surface area contributed by atoms with Gasteiger partial charge in [-0.25, -0.2) is 0 Å². The molecule has 1 aromatic rings. The van der Waals surface area contributed by atoms with Crippen molar-refractivity contribution in [3.8, 4) is 5.75 Å². The first-order valence-corrected chi connectivity index (χ1v) is 8.62. The lowest BCUT2D eigenvalue weighted by Crippen LogP contribution is -2.37. The van der Waals surface area contributed by atoms with Crippen LogP contribution in [0.1, 0.15) is 44.2 Å². The maximum absolute atomic E-state index is 6.08. The fourth-order valence-electron chi connectivity index (χ4n) is 3.44. The predicted molar refractivity (Wildman–Crippen MR) is 91.7 cm³/mol. The smallest absolute Gasteiger partial charge is 0.189 e. The van der Waals surface area contributed by atoms with E-state index in [1.165, 1.54) is 0 Å². The number of ether oxygens (including phenoxy) is 2. The van der Waals surface area contributed by atoms with Gasteiger partial charge in [0.05, 0.1) is 18.8 Å². The molecular weight excluding hydrogens is 290 g/mol. The number of fused-ring (bicyclic) bond motifs is 1. The topological polar surface area (TPSA) is 68.9 Å². The number of guanidine groups is 1. The van der Waals surface area contributed by atoms with Gasteiger partial charge in [-0.1, -0.05) is 18.2 Å². The molecule has 23 heavy (non-hydrogen) atoms. The van der Waals surface area contributed by atoms with Crippen LogP contribution in [0.3, 0.4) is 0 Å². The van der Waals surface area contributed by atoms with Crippen LogP contribution in [0.15, 0.2) is 29.3 Å². The average molecular weight is 317 g/mol. The van der Waals surface area contributed by atoms with Gasteiger partial charge in [0.1, 0.15) is 5.75 Å². The second-order valence-electron chi connectivity index (χ2n) is 6.50. The van der Waals surface area contributed by atoms with Gasteiger partial charge in [-0.2, -0.15) is 0 Å². The number of hydrogen-bond acceptors (Lipinski definition) is 3. The second kappa shape index (κ2) is 7.68. The molecule has 1 fully saturated rings. The molecule has 3 unspecified atom stereocenters. The lowest BCUT2D eigenvalue weighted by Gasteiger charge is -2.27. The first-order chi connectivity index (χ1) is 11.2. The molecular formula is C18H27N3O2. The Hall–Kier alpha value is -1.75. The molecule has 2 aliphatic rings. The quantitative estimate of drug-likeness (QED) is 0.661. The van der Waals surface area contributed by atoms with Crippen molar-refractivity contribution < 1.29 is 9.47 Å². The van der Waals surface area contributed by atoms with Crippen molar-refractivity contribution in [2.45, 2.75) is 44.8 Å². The zero-order valence-corrected chi connectivity index (χ0v) is 13.8. The zero-order chi connectivity index (χ0) is 16.1. The van der Waals surface area contributed by atoms with Crippen molar-refractivity contribution in [3.05, 3.63) is 29.8 Å². The monoisotopic (exact) mass is 317 g/mol. The van der Waals surface area contributed by atoms with Crippen LogP contribution in [0.25, 0.3) is 0 Å². The molecule has 0 radical (unpaired) electrons. The third-order valence-corrected chi connectivity index (χ3v) is 4.69. The summed E-state index contributed by atoms with van der Waals surface area (Å²) in [6.45, 7) is 4.51. The minimum absolute atomic E-state index is 0.187. The van der Waals surface area contributed by atoms with Gasteiger partial charge in [0.2, 0.25) is 0 Å². The van der Waals surface area contributed by atoms with Gasteiger partial charge in [0.25, 0.3) is 0 Å². The number of aliphatic imine (C=N–C) groups is 1. The summed E-state index contributed by atoms with van der Waals surface area (Å²) in [7, 11) is 0. The third-order valence-electron chi connectivity index (χ3n) is 4.69. The van der Waals surface area contributed by atoms with E-state index in [1.807, 2.05) is 18.2 Å². The molecule has 5 nitrogen and oxygen atoms in total. The fraction of sp³-hybridized carbons (Fsp3) is 0.611. The Morgan fingerprint density at radius 3 is 3.04 bits per heavy atom. The molecule has 126 valence electrons. The molecule has 2 aliphatic heterocycles. The van der Waals surface area contributed by atoms with Crippen LogP contribution in [-0.4, -0.2) is 31.8 Å². The normalized spacial score (nSPS) is 27.9. The summed E-state index contributed by atoms with van der Waals surface area (Å²) in [5.74, 6) is 2.19. The number of para-hydroxylation sites is 1. The average Bonchev–Trinajstić information content (AvgIpc) is 2.55. The van der Waals surface area contributed by atoms with Gasteiger partial charge >= 0.3 is 0 Å². The van der Waals surface area contributed by atoms with Crippen LogP contribution in [0.5, 0.6) is 5.75 Å². The number of benzene rings is 1. The zero-order valence-electron chi connectivity index (χ0n) is 13.8. The summed E-state index contributed by atoms with van der Waals surface area (Å²) < 4.78 is 11.3. The van der Waals surface area contributed by atoms with E-state index in [1.54, 1.807) is 0 Å². The Morgan fingerprint density at radius 1 is 1.30 bits per heavy atom. The highest BCUT2D eigenvalue weighted by molar-refractivity contribution is 5.78. The highest BCUT2D eigenvalue weighted by Crippen LogP contribution is 2.31. The largest absolute Gasteiger partial charge is 0.493 e. The van der Waals surface area contributed by atoms with Gasteiger partial charge in [-0.15, -0.1) is 0 Å². The maximum atomic E-state index is 6.08. The van der Waals surface area contributed by atoms with Crippen LogP contribution in [0, 0.1) is 5.92 Å². The summed E-state index contributed by atoms with van der Waals surface area (Å²) in [5, 5.41) is 3.34. The van der Waals surface area contributed by atoms with E-state index in [0.29, 0.717) is 24.6 Å². The van der Waals surface area contributed by atoms with Crippen molar-refractivity contribution in [3.63, 3.8) is 0 Å². The third kappa shape index (κ3) is 4.38. The molecule has 1 aromatic carbocycles. The van der Waals surface area contributed by atoms with E-state index in [0.717, 1.165) is 50.1 Å². The van der Waals surface area contributed by atoms with E-state index >= 15 is 0 Å². The molecule has 0 saturated carbocycles. The molecule has 0 amide bonds. The Kier molecular flexibility index (Phi) is 5.39. The maximum Gasteiger partial charge on any atom is 0.189 e. The first-order valence-electron chi connectivity index (χ1n) is 8.62. The van der Waals surface area contributed by atoms with Crippen LogP contribution in [-0.2, 0) is 4.74 Å². The number of rotatable bonds is 4. The van der Waals surface area contributed by atoms with Crippen LogP contribution < -0.4 is 15.8 Å². The molecule has 2 heterocycles. The SMILES string of the molecule is CC1CC(CCN=C(N)NC2CCOc3ccccc32)CCO1. The summed E-state index contributed by atoms with van der Waals surface area (Å²) >= 11 is 0. The summed E-state index contributed by atoms with van der Waals surface area (Å²) in [4.78, 5) is 4.51. The molecule has 5 heteroatoms. The number of nitrogens with one attached hydrogen (secondary N) is 1. The second-order valence-corrected chi connectivity index (χ2v) is 6.50. The molecule has 0 aromatic heterocycles. The highest BCUT2D eigenvalue weighted by Gasteiger charge is 2.21. The fourth-order valence-corrected chi connectivity index (χ4v) is 3.44. The Morgan fingerprint density at radius 2 is 2.17 bits per heavy atom. The Bertz CT molecular complexity index is 547. The van der Waals surface area contributed by atoms with Crippen molar-refractivity contribution in [1.82, 2.24) is 5.32 Å². The van der Waals surface area contributed by atoms with Crippen LogP contribution >= 0.6 is 0 Å². The minimum atomic E-state index is 0.187. The summed E-state index contributed by atoms with van der Waals surface area (Å²) in [6.07, 6.45) is 4.65. The predicted octanol–water partition coefficient (Wildman–Crippen LogP) is 2.62. The van der Waals surface area contributed by atoms with E-state index in [2.05, 4.69) is 23.3 Å². The molecule has 3 atom stereocenters. The summed E-state index contributed by atoms with van der Waals surface area (Å²) in [5.41, 5.74) is 7.24. The van der Waals surface area contributed by atoms with E-state index in [-0.39, 0.29) is 6.04 Å². The highest BCUT2D eigenvalue weighted by atomic mass is 16.5. The van der Waals surface area contributed by atoms with E-state index < -0.39 is 0 Å².